The van der Waals surface area contributed by atoms with E-state index in [4.69, 9.17) is 9.47 Å². The topological polar surface area (TPSA) is 240 Å². The number of rotatable bonds is 25. The van der Waals surface area contributed by atoms with Gasteiger partial charge in [-0.05, 0) is 108 Å². The SMILES string of the molecule is CCC(C)(CC)CC(c1ccccc1)C(C)(CC)C(=O)C(C)(C)CC(C(=O)Nc1ccc(N/N=C(/C(C)=O)C(=O)Nc2ccc(NC(=O)/C(=N\Nc3cc(C(=O)OC)ccc3C(=O)OC)C(C)=O)cc2)cc1)C(C)(C)C. The Balaban J connectivity index is 1.44. The molecule has 0 radical (unpaired) electrons. The maximum absolute atomic E-state index is 15.1. The van der Waals surface area contributed by atoms with Gasteiger partial charge < -0.3 is 25.4 Å². The van der Waals surface area contributed by atoms with Crippen molar-refractivity contribution in [2.24, 2.45) is 37.8 Å². The number of amides is 3. The third-order valence-corrected chi connectivity index (χ3v) is 14.4. The van der Waals surface area contributed by atoms with E-state index >= 15 is 4.79 Å². The Morgan fingerprint density at radius 1 is 0.553 bits per heavy atom. The highest BCUT2D eigenvalue weighted by Gasteiger charge is 2.50. The molecule has 0 fully saturated rings. The first-order chi connectivity index (χ1) is 35.7. The average Bonchev–Trinajstić information content (AvgIpc) is 3.39. The number of nitrogens with zero attached hydrogens (tertiary/aromatic N) is 2. The summed E-state index contributed by atoms with van der Waals surface area (Å²) in [7, 11) is 2.34. The highest BCUT2D eigenvalue weighted by Crippen LogP contribution is 2.52. The molecule has 3 unspecified atom stereocenters. The van der Waals surface area contributed by atoms with E-state index in [0.29, 0.717) is 24.2 Å². The van der Waals surface area contributed by atoms with E-state index in [0.717, 1.165) is 38.9 Å². The van der Waals surface area contributed by atoms with Gasteiger partial charge in [0.15, 0.2) is 23.0 Å². The van der Waals surface area contributed by atoms with Gasteiger partial charge in [0.1, 0.15) is 5.78 Å². The van der Waals surface area contributed by atoms with Gasteiger partial charge in [-0.3, -0.25) is 39.6 Å². The summed E-state index contributed by atoms with van der Waals surface area (Å²) in [6, 6.07) is 26.6. The number of carbonyl (C=O) groups is 8. The Morgan fingerprint density at radius 2 is 1.03 bits per heavy atom. The molecule has 4 aromatic carbocycles. The van der Waals surface area contributed by atoms with Crippen molar-refractivity contribution in [3.05, 3.63) is 114 Å². The standard InChI is InChI=1S/C59H75N7O10/c1-15-58(11,16-2)35-45(38-21-19-18-20-22-38)59(12,17-3)55(74)57(9,10)34-46(56(6,7)8)50(69)60-40-28-30-43(31-29-40)63-65-48(36(4)67)51(70)61-41-24-26-42(27-25-41)62-52(71)49(37(5)68)66-64-47-33-39(53(72)75-13)23-32-44(47)54(73)76-14/h18-33,45-46,63-64H,15-17,34-35H2,1-14H3,(H,60,69)(H,61,70)(H,62,71)/b65-48-,66-49-. The van der Waals surface area contributed by atoms with E-state index in [-0.39, 0.29) is 51.2 Å². The molecule has 3 atom stereocenters. The molecular weight excluding hydrogens is 967 g/mol. The second kappa shape index (κ2) is 26.1. The molecule has 17 nitrogen and oxygen atoms in total. The van der Waals surface area contributed by atoms with Crippen LogP contribution in [0.2, 0.25) is 0 Å². The zero-order valence-corrected chi connectivity index (χ0v) is 46.4. The van der Waals surface area contributed by atoms with Crippen LogP contribution in [0.4, 0.5) is 28.4 Å². The summed E-state index contributed by atoms with van der Waals surface area (Å²) in [4.78, 5) is 105. The number of benzene rings is 4. The minimum Gasteiger partial charge on any atom is -0.465 e. The Morgan fingerprint density at radius 3 is 1.47 bits per heavy atom. The summed E-state index contributed by atoms with van der Waals surface area (Å²) in [6.07, 6.45) is 3.85. The van der Waals surface area contributed by atoms with E-state index < -0.39 is 68.9 Å². The lowest BCUT2D eigenvalue weighted by molar-refractivity contribution is -0.141. The van der Waals surface area contributed by atoms with Gasteiger partial charge in [0.2, 0.25) is 5.91 Å². The lowest BCUT2D eigenvalue weighted by atomic mass is 9.57. The molecule has 0 saturated heterocycles. The van der Waals surface area contributed by atoms with Crippen LogP contribution in [0, 0.1) is 27.6 Å². The molecule has 0 heterocycles. The number of ether oxygens (including phenoxy) is 2. The van der Waals surface area contributed by atoms with Crippen molar-refractivity contribution in [2.75, 3.05) is 41.0 Å². The van der Waals surface area contributed by atoms with Gasteiger partial charge in [-0.15, -0.1) is 0 Å². The van der Waals surface area contributed by atoms with Crippen LogP contribution in [0.3, 0.4) is 0 Å². The molecule has 0 aliphatic rings. The van der Waals surface area contributed by atoms with E-state index in [1.165, 1.54) is 56.5 Å². The Bertz CT molecular complexity index is 2830. The summed E-state index contributed by atoms with van der Waals surface area (Å²) in [5.74, 6) is -5.22. The third kappa shape index (κ3) is 15.6. The molecule has 17 heteroatoms. The van der Waals surface area contributed by atoms with Crippen LogP contribution in [-0.2, 0) is 38.2 Å². The number of ketones is 3. The van der Waals surface area contributed by atoms with Crippen molar-refractivity contribution in [2.45, 2.75) is 121 Å². The van der Waals surface area contributed by atoms with Gasteiger partial charge in [0.25, 0.3) is 11.8 Å². The van der Waals surface area contributed by atoms with Gasteiger partial charge in [0.05, 0.1) is 36.7 Å². The number of Topliss-reactive ketones (excluding diaryl/α,β-unsaturated/α-hetero) is 3. The number of anilines is 5. The molecule has 4 aromatic rings. The molecular formula is C59H75N7O10. The first-order valence-corrected chi connectivity index (χ1v) is 25.4. The smallest absolute Gasteiger partial charge is 0.340 e. The van der Waals surface area contributed by atoms with E-state index in [1.54, 1.807) is 24.3 Å². The summed E-state index contributed by atoms with van der Waals surface area (Å²) < 4.78 is 9.51. The fourth-order valence-electron chi connectivity index (χ4n) is 9.02. The highest BCUT2D eigenvalue weighted by molar-refractivity contribution is 6.67. The predicted octanol–water partition coefficient (Wildman–Crippen LogP) is 11.3. The van der Waals surface area contributed by atoms with Crippen molar-refractivity contribution >= 4 is 86.9 Å². The summed E-state index contributed by atoms with van der Waals surface area (Å²) in [5, 5.41) is 16.2. The lowest BCUT2D eigenvalue weighted by Crippen LogP contribution is -2.46. The number of carbonyl (C=O) groups excluding carboxylic acids is 8. The molecule has 5 N–H and O–H groups in total. The van der Waals surface area contributed by atoms with Crippen molar-refractivity contribution in [1.82, 2.24) is 0 Å². The van der Waals surface area contributed by atoms with Crippen LogP contribution in [0.5, 0.6) is 0 Å². The molecule has 0 aliphatic heterocycles. The summed E-state index contributed by atoms with van der Waals surface area (Å²) >= 11 is 0. The highest BCUT2D eigenvalue weighted by atomic mass is 16.5. The minimum absolute atomic E-state index is 0.0140. The van der Waals surface area contributed by atoms with E-state index in [9.17, 15) is 33.6 Å². The Labute approximate surface area is 446 Å². The normalized spacial score (nSPS) is 13.7. The number of hydrazone groups is 2. The fraction of sp³-hybridized carbons (Fsp3) is 0.424. The van der Waals surface area contributed by atoms with Crippen molar-refractivity contribution in [3.8, 4) is 0 Å². The molecule has 76 heavy (non-hydrogen) atoms. The van der Waals surface area contributed by atoms with Crippen molar-refractivity contribution in [1.29, 1.82) is 0 Å². The molecule has 0 saturated carbocycles. The molecule has 4 rings (SSSR count). The number of esters is 2. The van der Waals surface area contributed by atoms with E-state index in [2.05, 4.69) is 83.8 Å². The molecule has 406 valence electrons. The zero-order valence-electron chi connectivity index (χ0n) is 46.4. The second-order valence-corrected chi connectivity index (χ2v) is 21.3. The summed E-state index contributed by atoms with van der Waals surface area (Å²) in [5.41, 5.74) is 4.73. The zero-order chi connectivity index (χ0) is 56.8. The fourth-order valence-corrected chi connectivity index (χ4v) is 9.02. The average molecular weight is 1040 g/mol. The van der Waals surface area contributed by atoms with Crippen LogP contribution in [0.25, 0.3) is 0 Å². The summed E-state index contributed by atoms with van der Waals surface area (Å²) in [6.45, 7) is 23.2. The predicted molar refractivity (Wildman–Crippen MR) is 299 cm³/mol. The Hall–Kier alpha value is -7.82. The van der Waals surface area contributed by atoms with Crippen LogP contribution >= 0.6 is 0 Å². The largest absolute Gasteiger partial charge is 0.465 e. The minimum atomic E-state index is -0.917. The number of nitrogens with one attached hydrogen (secondary N) is 5. The van der Waals surface area contributed by atoms with Gasteiger partial charge in [-0.25, -0.2) is 9.59 Å². The number of hydrogen-bond acceptors (Lipinski definition) is 14. The number of methoxy groups -OCH3 is 2. The van der Waals surface area contributed by atoms with Crippen LogP contribution < -0.4 is 26.8 Å². The van der Waals surface area contributed by atoms with Crippen LogP contribution in [-0.4, -0.2) is 72.7 Å². The molecule has 0 aliphatic carbocycles. The molecule has 0 spiro atoms. The van der Waals surface area contributed by atoms with Crippen LogP contribution in [0.15, 0.2) is 107 Å². The number of hydrogen-bond donors (Lipinski definition) is 5. The van der Waals surface area contributed by atoms with Gasteiger partial charge in [0, 0.05) is 47.7 Å². The van der Waals surface area contributed by atoms with Gasteiger partial charge >= 0.3 is 11.9 Å². The molecule has 3 amide bonds. The van der Waals surface area contributed by atoms with Crippen molar-refractivity contribution in [3.63, 3.8) is 0 Å². The quantitative estimate of drug-likeness (QED) is 0.0180. The monoisotopic (exact) mass is 1040 g/mol. The lowest BCUT2D eigenvalue weighted by Gasteiger charge is -2.46. The maximum atomic E-state index is 15.1. The first kappa shape index (κ1) is 60.7. The van der Waals surface area contributed by atoms with Gasteiger partial charge in [-0.2, -0.15) is 10.2 Å². The van der Waals surface area contributed by atoms with Crippen molar-refractivity contribution < 1.29 is 47.8 Å². The maximum Gasteiger partial charge on any atom is 0.340 e. The van der Waals surface area contributed by atoms with Gasteiger partial charge in [-0.1, -0.05) is 112 Å². The third-order valence-electron chi connectivity index (χ3n) is 14.4. The van der Waals surface area contributed by atoms with E-state index in [1.807, 2.05) is 52.8 Å². The molecule has 0 aromatic heterocycles. The van der Waals surface area contributed by atoms with Crippen LogP contribution in [0.1, 0.15) is 147 Å². The Kier molecular flexibility index (Phi) is 20.9. The second-order valence-electron chi connectivity index (χ2n) is 21.3. The first-order valence-electron chi connectivity index (χ1n) is 25.4. The molecule has 0 bridgehead atoms.